The molecule has 8 heteroatoms. The van der Waals surface area contributed by atoms with Gasteiger partial charge in [-0.15, -0.1) is 0 Å². The van der Waals surface area contributed by atoms with Crippen molar-refractivity contribution in [3.05, 3.63) is 65.5 Å². The first kappa shape index (κ1) is 19.5. The first-order chi connectivity index (χ1) is 12.3. The summed E-state index contributed by atoms with van der Waals surface area (Å²) in [7, 11) is 1.73. The van der Waals surface area contributed by atoms with Crippen LogP contribution in [0.5, 0.6) is 0 Å². The van der Waals surface area contributed by atoms with Gasteiger partial charge in [0.2, 0.25) is 5.91 Å². The van der Waals surface area contributed by atoms with Crippen molar-refractivity contribution in [1.29, 1.82) is 0 Å². The van der Waals surface area contributed by atoms with Crippen LogP contribution in [0.15, 0.2) is 42.5 Å². The highest BCUT2D eigenvalue weighted by atomic mass is 19.2. The summed E-state index contributed by atoms with van der Waals surface area (Å²) < 4.78 is 39.5. The zero-order valence-corrected chi connectivity index (χ0v) is 14.1. The smallest absolute Gasteiger partial charge is 0.275 e. The van der Waals surface area contributed by atoms with Crippen LogP contribution in [0.3, 0.4) is 0 Å². The minimum Gasteiger partial charge on any atom is -0.342 e. The molecule has 138 valence electrons. The quantitative estimate of drug-likeness (QED) is 0.681. The van der Waals surface area contributed by atoms with Crippen molar-refractivity contribution in [2.75, 3.05) is 25.5 Å². The number of benzene rings is 2. The number of rotatable bonds is 7. The monoisotopic (exact) mass is 366 g/mol. The zero-order chi connectivity index (χ0) is 19.1. The fourth-order valence-electron chi connectivity index (χ4n) is 2.32. The van der Waals surface area contributed by atoms with E-state index in [2.05, 4.69) is 10.6 Å². The number of likely N-dealkylation sites (N-methyl/N-ethyl adjacent to an activating group) is 1. The Labute approximate surface area is 148 Å². The molecule has 0 fully saturated rings. The number of hydrogen-bond acceptors (Lipinski definition) is 2. The molecule has 0 bridgehead atoms. The topological polar surface area (TPSA) is 62.6 Å². The molecule has 0 heterocycles. The molecule has 2 amide bonds. The van der Waals surface area contributed by atoms with Gasteiger partial charge in [-0.1, -0.05) is 18.2 Å². The van der Waals surface area contributed by atoms with Crippen LogP contribution in [0, 0.1) is 17.5 Å². The van der Waals surface area contributed by atoms with Crippen molar-refractivity contribution in [3.63, 3.8) is 0 Å². The van der Waals surface area contributed by atoms with E-state index in [4.69, 9.17) is 0 Å². The number of amides is 2. The molecule has 0 aliphatic heterocycles. The molecule has 0 radical (unpaired) electrons. The molecule has 0 aromatic heterocycles. The Balaban J connectivity index is 1.76. The molecule has 0 spiro atoms. The van der Waals surface area contributed by atoms with E-state index < -0.39 is 17.5 Å². The highest BCUT2D eigenvalue weighted by molar-refractivity contribution is 5.94. The Bertz CT molecular complexity index is 799. The van der Waals surface area contributed by atoms with Crippen LogP contribution < -0.4 is 15.5 Å². The maximum absolute atomic E-state index is 13.6. The summed E-state index contributed by atoms with van der Waals surface area (Å²) >= 11 is 0. The van der Waals surface area contributed by atoms with Gasteiger partial charge in [-0.3, -0.25) is 9.59 Å². The third-order valence-electron chi connectivity index (χ3n) is 3.56. The number of nitrogens with one attached hydrogen (secondary N) is 3. The predicted octanol–water partition coefficient (Wildman–Crippen LogP) is 0.874. The SMILES string of the molecule is C[NH+](CC(=O)NCC(=O)Nc1ccc(F)c(F)c1)Cc1ccccc1F. The van der Waals surface area contributed by atoms with Crippen LogP contribution >= 0.6 is 0 Å². The van der Waals surface area contributed by atoms with E-state index >= 15 is 0 Å². The molecule has 26 heavy (non-hydrogen) atoms. The molecule has 2 rings (SSSR count). The average Bonchev–Trinajstić information content (AvgIpc) is 2.58. The van der Waals surface area contributed by atoms with Crippen molar-refractivity contribution in [2.45, 2.75) is 6.54 Å². The summed E-state index contributed by atoms with van der Waals surface area (Å²) in [6.45, 7) is 0.0543. The molecule has 2 aromatic carbocycles. The standard InChI is InChI=1S/C18H18F3N3O2/c1-24(10-12-4-2-3-5-14(12)19)11-18(26)22-9-17(25)23-13-6-7-15(20)16(21)8-13/h2-8H,9-11H2,1H3,(H,22,26)(H,23,25)/p+1. The summed E-state index contributed by atoms with van der Waals surface area (Å²) in [5, 5.41) is 4.78. The lowest BCUT2D eigenvalue weighted by atomic mass is 10.2. The molecular formula is C18H19F3N3O2+. The van der Waals surface area contributed by atoms with Crippen molar-refractivity contribution >= 4 is 17.5 Å². The van der Waals surface area contributed by atoms with Crippen molar-refractivity contribution in [1.82, 2.24) is 5.32 Å². The average molecular weight is 366 g/mol. The van der Waals surface area contributed by atoms with Gasteiger partial charge in [-0.25, -0.2) is 13.2 Å². The van der Waals surface area contributed by atoms with Crippen LogP contribution in [-0.2, 0) is 16.1 Å². The zero-order valence-electron chi connectivity index (χ0n) is 14.1. The van der Waals surface area contributed by atoms with E-state index in [1.165, 1.54) is 12.1 Å². The number of hydrogen-bond donors (Lipinski definition) is 3. The Morgan fingerprint density at radius 1 is 0.962 bits per heavy atom. The molecule has 1 unspecified atom stereocenters. The molecule has 3 N–H and O–H groups in total. The molecule has 0 aliphatic rings. The van der Waals surface area contributed by atoms with E-state index in [0.717, 1.165) is 17.0 Å². The molecule has 2 aromatic rings. The minimum atomic E-state index is -1.08. The number of halogens is 3. The van der Waals surface area contributed by atoms with E-state index in [9.17, 15) is 22.8 Å². The van der Waals surface area contributed by atoms with Gasteiger partial charge in [0.05, 0.1) is 13.6 Å². The van der Waals surface area contributed by atoms with E-state index in [0.29, 0.717) is 12.1 Å². The lowest BCUT2D eigenvalue weighted by Crippen LogP contribution is -3.09. The highest BCUT2D eigenvalue weighted by Gasteiger charge is 2.14. The van der Waals surface area contributed by atoms with Crippen LogP contribution in [0.1, 0.15) is 5.56 Å². The lowest BCUT2D eigenvalue weighted by Gasteiger charge is -2.14. The number of carbonyl (C=O) groups excluding carboxylic acids is 2. The lowest BCUT2D eigenvalue weighted by molar-refractivity contribution is -0.885. The Morgan fingerprint density at radius 2 is 1.69 bits per heavy atom. The van der Waals surface area contributed by atoms with Gasteiger partial charge in [0.1, 0.15) is 12.4 Å². The Morgan fingerprint density at radius 3 is 2.38 bits per heavy atom. The number of carbonyl (C=O) groups is 2. The predicted molar refractivity (Wildman–Crippen MR) is 89.9 cm³/mol. The molecular weight excluding hydrogens is 347 g/mol. The van der Waals surface area contributed by atoms with Gasteiger partial charge in [0.25, 0.3) is 5.91 Å². The first-order valence-corrected chi connectivity index (χ1v) is 7.91. The van der Waals surface area contributed by atoms with Gasteiger partial charge >= 0.3 is 0 Å². The van der Waals surface area contributed by atoms with Crippen LogP contribution in [0.4, 0.5) is 18.9 Å². The molecule has 0 saturated heterocycles. The molecule has 0 aliphatic carbocycles. The third-order valence-corrected chi connectivity index (χ3v) is 3.56. The van der Waals surface area contributed by atoms with Crippen molar-refractivity contribution in [3.8, 4) is 0 Å². The minimum absolute atomic E-state index is 0.0484. The largest absolute Gasteiger partial charge is 0.342 e. The summed E-state index contributed by atoms with van der Waals surface area (Å²) in [4.78, 5) is 24.3. The fourth-order valence-corrected chi connectivity index (χ4v) is 2.32. The molecule has 1 atom stereocenters. The number of quaternary nitrogens is 1. The van der Waals surface area contributed by atoms with E-state index in [1.54, 1.807) is 25.2 Å². The maximum Gasteiger partial charge on any atom is 0.275 e. The van der Waals surface area contributed by atoms with Gasteiger partial charge < -0.3 is 15.5 Å². The van der Waals surface area contributed by atoms with Gasteiger partial charge in [0, 0.05) is 17.3 Å². The summed E-state index contributed by atoms with van der Waals surface area (Å²) in [6.07, 6.45) is 0. The second-order valence-electron chi connectivity index (χ2n) is 5.86. The normalized spacial score (nSPS) is 11.7. The summed E-state index contributed by atoms with van der Waals surface area (Å²) in [5.74, 6) is -3.39. The fraction of sp³-hybridized carbons (Fsp3) is 0.222. The van der Waals surface area contributed by atoms with Crippen molar-refractivity contribution < 1.29 is 27.7 Å². The second kappa shape index (κ2) is 9.00. The second-order valence-corrected chi connectivity index (χ2v) is 5.86. The number of anilines is 1. The summed E-state index contributed by atoms with van der Waals surface area (Å²) in [6, 6.07) is 9.26. The van der Waals surface area contributed by atoms with Gasteiger partial charge in [0.15, 0.2) is 18.2 Å². The van der Waals surface area contributed by atoms with Gasteiger partial charge in [-0.05, 0) is 18.2 Å². The Hall–Kier alpha value is -2.87. The van der Waals surface area contributed by atoms with Crippen LogP contribution in [0.2, 0.25) is 0 Å². The first-order valence-electron chi connectivity index (χ1n) is 7.91. The van der Waals surface area contributed by atoms with E-state index in [-0.39, 0.29) is 30.5 Å². The third kappa shape index (κ3) is 5.89. The molecule has 5 nitrogen and oxygen atoms in total. The van der Waals surface area contributed by atoms with E-state index in [1.807, 2.05) is 0 Å². The van der Waals surface area contributed by atoms with Gasteiger partial charge in [-0.2, -0.15) is 0 Å². The molecule has 0 saturated carbocycles. The maximum atomic E-state index is 13.6. The highest BCUT2D eigenvalue weighted by Crippen LogP contribution is 2.12. The van der Waals surface area contributed by atoms with Crippen LogP contribution in [-0.4, -0.2) is 32.0 Å². The Kier molecular flexibility index (Phi) is 6.74. The summed E-state index contributed by atoms with van der Waals surface area (Å²) in [5.41, 5.74) is 0.583. The van der Waals surface area contributed by atoms with Crippen LogP contribution in [0.25, 0.3) is 0 Å². The van der Waals surface area contributed by atoms with Crippen molar-refractivity contribution in [2.24, 2.45) is 0 Å².